The summed E-state index contributed by atoms with van der Waals surface area (Å²) in [5.41, 5.74) is -0.406. The van der Waals surface area contributed by atoms with Crippen molar-refractivity contribution in [3.05, 3.63) is 97.4 Å². The molecule has 2 aromatic heterocycles. The molecule has 4 rings (SSSR count). The molecule has 0 unspecified atom stereocenters. The first-order chi connectivity index (χ1) is 15.3. The van der Waals surface area contributed by atoms with Gasteiger partial charge in [0.2, 0.25) is 0 Å². The number of benzene rings is 2. The molecule has 32 heavy (non-hydrogen) atoms. The molecular formula is C21H13ClFN5O4. The first-order valence-electron chi connectivity index (χ1n) is 9.16. The summed E-state index contributed by atoms with van der Waals surface area (Å²) in [5, 5.41) is 13.3. The number of hydrogen-bond donors (Lipinski definition) is 1. The average Bonchev–Trinajstić information content (AvgIpc) is 2.75. The lowest BCUT2D eigenvalue weighted by Gasteiger charge is -2.13. The molecule has 0 radical (unpaired) electrons. The molecule has 160 valence electrons. The second kappa shape index (κ2) is 8.16. The number of fused-ring (bicyclic) bond motifs is 1. The van der Waals surface area contributed by atoms with Crippen molar-refractivity contribution in [2.24, 2.45) is 0 Å². The number of aryl methyl sites for hydroxylation is 1. The number of nitrogens with one attached hydrogen (secondary N) is 1. The lowest BCUT2D eigenvalue weighted by atomic mass is 10.1. The van der Waals surface area contributed by atoms with E-state index in [1.165, 1.54) is 29.0 Å². The van der Waals surface area contributed by atoms with Crippen molar-refractivity contribution in [1.29, 1.82) is 0 Å². The maximum Gasteiger partial charge on any atom is 0.270 e. The molecule has 0 atom stereocenters. The van der Waals surface area contributed by atoms with Crippen molar-refractivity contribution in [3.63, 3.8) is 0 Å². The second-order valence-electron chi connectivity index (χ2n) is 6.71. The molecule has 1 amide bonds. The lowest BCUT2D eigenvalue weighted by Crippen LogP contribution is -2.23. The average molecular weight is 454 g/mol. The number of nitrogens with zero attached hydrogens (tertiary/aromatic N) is 4. The van der Waals surface area contributed by atoms with Gasteiger partial charge in [0.15, 0.2) is 5.65 Å². The molecule has 0 aliphatic carbocycles. The summed E-state index contributed by atoms with van der Waals surface area (Å²) < 4.78 is 15.7. The van der Waals surface area contributed by atoms with Crippen molar-refractivity contribution in [1.82, 2.24) is 14.5 Å². The number of amides is 1. The Morgan fingerprint density at radius 3 is 2.72 bits per heavy atom. The van der Waals surface area contributed by atoms with E-state index in [1.54, 1.807) is 19.1 Å². The van der Waals surface area contributed by atoms with Gasteiger partial charge in [0.1, 0.15) is 11.6 Å². The zero-order valence-corrected chi connectivity index (χ0v) is 17.1. The van der Waals surface area contributed by atoms with Crippen LogP contribution in [0.3, 0.4) is 0 Å². The molecule has 0 bridgehead atoms. The fourth-order valence-electron chi connectivity index (χ4n) is 3.17. The van der Waals surface area contributed by atoms with Crippen LogP contribution in [0.1, 0.15) is 16.2 Å². The Bertz CT molecular complexity index is 1470. The Kier molecular flexibility index (Phi) is 5.37. The first kappa shape index (κ1) is 21.1. The third kappa shape index (κ3) is 3.79. The SMILES string of the molecule is Cc1nc2ncccc2c(=O)n1-c1ccc(F)c(NC(=O)c2ccc([N+](=O)[O-])cc2Cl)c1. The number of hydrogen-bond acceptors (Lipinski definition) is 6. The molecule has 0 aliphatic rings. The molecule has 0 saturated heterocycles. The summed E-state index contributed by atoms with van der Waals surface area (Å²) in [6.45, 7) is 1.60. The van der Waals surface area contributed by atoms with Gasteiger partial charge in [-0.15, -0.1) is 0 Å². The van der Waals surface area contributed by atoms with E-state index in [0.717, 1.165) is 18.2 Å². The minimum atomic E-state index is -0.772. The van der Waals surface area contributed by atoms with Crippen molar-refractivity contribution in [3.8, 4) is 5.69 Å². The number of rotatable bonds is 4. The summed E-state index contributed by atoms with van der Waals surface area (Å²) in [6.07, 6.45) is 1.52. The molecule has 0 saturated carbocycles. The van der Waals surface area contributed by atoms with E-state index < -0.39 is 22.2 Å². The molecule has 9 nitrogen and oxygen atoms in total. The van der Waals surface area contributed by atoms with Crippen molar-refractivity contribution in [2.75, 3.05) is 5.32 Å². The van der Waals surface area contributed by atoms with Crippen molar-refractivity contribution >= 4 is 39.9 Å². The van der Waals surface area contributed by atoms with Gasteiger partial charge in [-0.05, 0) is 43.3 Å². The van der Waals surface area contributed by atoms with Gasteiger partial charge in [-0.25, -0.2) is 14.4 Å². The van der Waals surface area contributed by atoms with E-state index in [0.29, 0.717) is 5.82 Å². The highest BCUT2D eigenvalue weighted by atomic mass is 35.5. The molecule has 0 aliphatic heterocycles. The van der Waals surface area contributed by atoms with Crippen LogP contribution in [-0.4, -0.2) is 25.4 Å². The van der Waals surface area contributed by atoms with Crippen LogP contribution in [-0.2, 0) is 0 Å². The zero-order valence-electron chi connectivity index (χ0n) is 16.4. The van der Waals surface area contributed by atoms with Crippen LogP contribution in [0, 0.1) is 22.9 Å². The number of non-ortho nitro benzene ring substituents is 1. The monoisotopic (exact) mass is 453 g/mol. The summed E-state index contributed by atoms with van der Waals surface area (Å²) >= 11 is 5.98. The summed E-state index contributed by atoms with van der Waals surface area (Å²) in [6, 6.07) is 10.3. The van der Waals surface area contributed by atoms with Gasteiger partial charge in [0.05, 0.1) is 32.3 Å². The minimum Gasteiger partial charge on any atom is -0.319 e. The second-order valence-corrected chi connectivity index (χ2v) is 7.12. The van der Waals surface area contributed by atoms with Crippen LogP contribution in [0.4, 0.5) is 15.8 Å². The van der Waals surface area contributed by atoms with Gasteiger partial charge in [-0.2, -0.15) is 0 Å². The number of nitro benzene ring substituents is 1. The van der Waals surface area contributed by atoms with E-state index in [9.17, 15) is 24.1 Å². The van der Waals surface area contributed by atoms with Gasteiger partial charge < -0.3 is 5.32 Å². The third-order valence-corrected chi connectivity index (χ3v) is 4.99. The number of aromatic nitrogens is 3. The molecule has 2 aromatic carbocycles. The third-order valence-electron chi connectivity index (χ3n) is 4.68. The van der Waals surface area contributed by atoms with Crippen LogP contribution in [0.2, 0.25) is 5.02 Å². The van der Waals surface area contributed by atoms with E-state index in [1.807, 2.05) is 0 Å². The molecule has 0 fully saturated rings. The Morgan fingerprint density at radius 1 is 1.22 bits per heavy atom. The van der Waals surface area contributed by atoms with Gasteiger partial charge >= 0.3 is 0 Å². The number of carbonyl (C=O) groups excluding carboxylic acids is 1. The van der Waals surface area contributed by atoms with Crippen LogP contribution in [0.25, 0.3) is 16.7 Å². The summed E-state index contributed by atoms with van der Waals surface area (Å²) in [5.74, 6) is -1.20. The van der Waals surface area contributed by atoms with E-state index in [4.69, 9.17) is 11.6 Å². The number of nitro groups is 1. The predicted molar refractivity (Wildman–Crippen MR) is 116 cm³/mol. The van der Waals surface area contributed by atoms with E-state index in [-0.39, 0.29) is 38.7 Å². The van der Waals surface area contributed by atoms with Crippen LogP contribution in [0.15, 0.2) is 59.5 Å². The van der Waals surface area contributed by atoms with Gasteiger partial charge in [-0.1, -0.05) is 11.6 Å². The zero-order chi connectivity index (χ0) is 23.0. The largest absolute Gasteiger partial charge is 0.319 e. The predicted octanol–water partition coefficient (Wildman–Crippen LogP) is 4.04. The van der Waals surface area contributed by atoms with E-state index >= 15 is 0 Å². The maximum atomic E-state index is 14.4. The van der Waals surface area contributed by atoms with Crippen LogP contribution < -0.4 is 10.9 Å². The number of pyridine rings is 1. The smallest absolute Gasteiger partial charge is 0.270 e. The van der Waals surface area contributed by atoms with Gasteiger partial charge in [0, 0.05) is 18.3 Å². The molecular weight excluding hydrogens is 441 g/mol. The maximum absolute atomic E-state index is 14.4. The summed E-state index contributed by atoms with van der Waals surface area (Å²) in [4.78, 5) is 44.1. The fraction of sp³-hybridized carbons (Fsp3) is 0.0476. The Labute approximate surface area is 184 Å². The topological polar surface area (TPSA) is 120 Å². The highest BCUT2D eigenvalue weighted by Crippen LogP contribution is 2.25. The highest BCUT2D eigenvalue weighted by molar-refractivity contribution is 6.34. The van der Waals surface area contributed by atoms with Crippen LogP contribution >= 0.6 is 11.6 Å². The minimum absolute atomic E-state index is 0.0751. The van der Waals surface area contributed by atoms with Gasteiger partial charge in [0.25, 0.3) is 17.2 Å². The molecule has 1 N–H and O–H groups in total. The molecule has 0 spiro atoms. The first-order valence-corrected chi connectivity index (χ1v) is 9.53. The Hall–Kier alpha value is -4.18. The highest BCUT2D eigenvalue weighted by Gasteiger charge is 2.18. The molecule has 2 heterocycles. The number of carbonyl (C=O) groups is 1. The van der Waals surface area contributed by atoms with Gasteiger partial charge in [-0.3, -0.25) is 24.3 Å². The van der Waals surface area contributed by atoms with Crippen LogP contribution in [0.5, 0.6) is 0 Å². The number of anilines is 1. The number of halogens is 2. The Morgan fingerprint density at radius 2 is 2.00 bits per heavy atom. The standard InChI is InChI=1S/C21H13ClFN5O4/c1-11-25-19-15(3-2-8-24-19)21(30)27(11)12-5-7-17(23)18(10-12)26-20(29)14-6-4-13(28(31)32)9-16(14)22/h2-10H,1H3,(H,26,29). The van der Waals surface area contributed by atoms with Crippen molar-refractivity contribution < 1.29 is 14.1 Å². The molecule has 4 aromatic rings. The van der Waals surface area contributed by atoms with E-state index in [2.05, 4.69) is 15.3 Å². The summed E-state index contributed by atoms with van der Waals surface area (Å²) in [7, 11) is 0. The molecule has 11 heteroatoms. The normalized spacial score (nSPS) is 10.8. The van der Waals surface area contributed by atoms with Crippen molar-refractivity contribution in [2.45, 2.75) is 6.92 Å². The lowest BCUT2D eigenvalue weighted by molar-refractivity contribution is -0.384. The quantitative estimate of drug-likeness (QED) is 0.368. The fourth-order valence-corrected chi connectivity index (χ4v) is 3.43. The Balaban J connectivity index is 1.73.